The van der Waals surface area contributed by atoms with Crippen molar-refractivity contribution in [1.82, 2.24) is 5.32 Å². The predicted molar refractivity (Wildman–Crippen MR) is 66.2 cm³/mol. The summed E-state index contributed by atoms with van der Waals surface area (Å²) in [4.78, 5) is 12.1. The van der Waals surface area contributed by atoms with E-state index in [1.807, 2.05) is 0 Å². The summed E-state index contributed by atoms with van der Waals surface area (Å²) >= 11 is 1.63. The summed E-state index contributed by atoms with van der Waals surface area (Å²) in [5.41, 5.74) is 2.40. The lowest BCUT2D eigenvalue weighted by molar-refractivity contribution is -0.138. The van der Waals surface area contributed by atoms with Gasteiger partial charge in [0, 0.05) is 16.4 Å². The number of carboxylic acids is 1. The van der Waals surface area contributed by atoms with Crippen LogP contribution in [0.2, 0.25) is 0 Å². The van der Waals surface area contributed by atoms with Crippen molar-refractivity contribution in [2.75, 3.05) is 5.75 Å². The van der Waals surface area contributed by atoms with Gasteiger partial charge in [-0.15, -0.1) is 11.8 Å². The van der Waals surface area contributed by atoms with Gasteiger partial charge in [0.15, 0.2) is 0 Å². The molecule has 0 amide bonds. The molecule has 88 valence electrons. The zero-order valence-corrected chi connectivity index (χ0v) is 10.5. The summed E-state index contributed by atoms with van der Waals surface area (Å²) in [5, 5.41) is 12.1. The first-order valence-corrected chi connectivity index (χ1v) is 6.41. The first kappa shape index (κ1) is 11.6. The second kappa shape index (κ2) is 3.84. The van der Waals surface area contributed by atoms with Gasteiger partial charge in [0.05, 0.1) is 0 Å². The Kier molecular flexibility index (Phi) is 2.78. The molecule has 1 unspecified atom stereocenters. The van der Waals surface area contributed by atoms with Crippen LogP contribution in [0.1, 0.15) is 26.7 Å². The van der Waals surface area contributed by atoms with E-state index in [-0.39, 0.29) is 5.41 Å². The van der Waals surface area contributed by atoms with E-state index in [0.29, 0.717) is 5.75 Å². The average molecular weight is 239 g/mol. The normalized spacial score (nSPS) is 28.4. The molecule has 16 heavy (non-hydrogen) atoms. The van der Waals surface area contributed by atoms with Crippen LogP contribution in [0.4, 0.5) is 0 Å². The Balaban J connectivity index is 2.25. The highest BCUT2D eigenvalue weighted by Crippen LogP contribution is 2.45. The fourth-order valence-corrected chi connectivity index (χ4v) is 3.49. The van der Waals surface area contributed by atoms with Crippen molar-refractivity contribution in [3.63, 3.8) is 0 Å². The van der Waals surface area contributed by atoms with Gasteiger partial charge in [0.2, 0.25) is 0 Å². The van der Waals surface area contributed by atoms with E-state index >= 15 is 0 Å². The highest BCUT2D eigenvalue weighted by atomic mass is 32.2. The molecule has 2 N–H and O–H groups in total. The number of thioether (sulfide) groups is 1. The maximum Gasteiger partial charge on any atom is 0.326 e. The van der Waals surface area contributed by atoms with Crippen LogP contribution >= 0.6 is 11.8 Å². The highest BCUT2D eigenvalue weighted by Gasteiger charge is 2.35. The molecule has 2 rings (SSSR count). The van der Waals surface area contributed by atoms with Crippen molar-refractivity contribution in [2.45, 2.75) is 32.7 Å². The number of aliphatic carboxylic acids is 1. The number of hydrogen-bond donors (Lipinski definition) is 2. The molecule has 1 heterocycles. The number of rotatable bonds is 1. The van der Waals surface area contributed by atoms with Gasteiger partial charge < -0.3 is 10.4 Å². The Morgan fingerprint density at radius 3 is 2.88 bits per heavy atom. The van der Waals surface area contributed by atoms with Crippen molar-refractivity contribution in [3.8, 4) is 0 Å². The monoisotopic (exact) mass is 239 g/mol. The zero-order chi connectivity index (χ0) is 11.9. The van der Waals surface area contributed by atoms with Crippen LogP contribution in [0.25, 0.3) is 0 Å². The van der Waals surface area contributed by atoms with Gasteiger partial charge in [0.1, 0.15) is 6.04 Å². The van der Waals surface area contributed by atoms with E-state index < -0.39 is 12.0 Å². The van der Waals surface area contributed by atoms with Gasteiger partial charge in [-0.05, 0) is 23.8 Å². The van der Waals surface area contributed by atoms with E-state index in [2.05, 4.69) is 25.7 Å². The molecule has 2 aliphatic rings. The Labute approximate surface area is 100.0 Å². The SMILES string of the molecule is C=C1CC(C)(C)CC2=C1SCC(C(=O)O)N2. The molecule has 0 aromatic rings. The Morgan fingerprint density at radius 2 is 2.25 bits per heavy atom. The molecule has 0 fully saturated rings. The molecule has 0 aromatic carbocycles. The van der Waals surface area contributed by atoms with Gasteiger partial charge >= 0.3 is 5.97 Å². The average Bonchev–Trinajstić information content (AvgIpc) is 2.14. The molecule has 0 saturated heterocycles. The third-order valence-electron chi connectivity index (χ3n) is 2.98. The molecule has 0 saturated carbocycles. The minimum Gasteiger partial charge on any atom is -0.480 e. The second-order valence-electron chi connectivity index (χ2n) is 5.28. The van der Waals surface area contributed by atoms with Crippen LogP contribution in [0, 0.1) is 5.41 Å². The fraction of sp³-hybridized carbons (Fsp3) is 0.583. The Bertz CT molecular complexity index is 384. The van der Waals surface area contributed by atoms with Crippen LogP contribution in [0.15, 0.2) is 22.8 Å². The minimum absolute atomic E-state index is 0.184. The van der Waals surface area contributed by atoms with E-state index in [4.69, 9.17) is 5.11 Å². The van der Waals surface area contributed by atoms with Gasteiger partial charge in [-0.3, -0.25) is 0 Å². The van der Waals surface area contributed by atoms with Gasteiger partial charge in [-0.25, -0.2) is 4.79 Å². The standard InChI is InChI=1S/C12H17NO2S/c1-7-4-12(2,3)5-8-10(7)16-6-9(13-8)11(14)15/h9,13H,1,4-6H2,2-3H3,(H,14,15). The molecule has 3 nitrogen and oxygen atoms in total. The molecule has 4 heteroatoms. The summed E-state index contributed by atoms with van der Waals surface area (Å²) in [6, 6.07) is -0.453. The summed E-state index contributed by atoms with van der Waals surface area (Å²) in [6.07, 6.45) is 1.91. The molecular weight excluding hydrogens is 222 g/mol. The largest absolute Gasteiger partial charge is 0.480 e. The third-order valence-corrected chi connectivity index (χ3v) is 4.31. The summed E-state index contributed by atoms with van der Waals surface area (Å²) in [7, 11) is 0. The van der Waals surface area contributed by atoms with E-state index in [1.165, 1.54) is 4.91 Å². The molecular formula is C12H17NO2S. The lowest BCUT2D eigenvalue weighted by Crippen LogP contribution is -2.43. The molecule has 0 aromatic heterocycles. The van der Waals surface area contributed by atoms with E-state index in [9.17, 15) is 4.79 Å². The summed E-state index contributed by atoms with van der Waals surface area (Å²) in [6.45, 7) is 8.48. The lowest BCUT2D eigenvalue weighted by atomic mass is 9.77. The number of nitrogens with one attached hydrogen (secondary N) is 1. The first-order chi connectivity index (χ1) is 7.39. The van der Waals surface area contributed by atoms with Crippen molar-refractivity contribution >= 4 is 17.7 Å². The predicted octanol–water partition coefficient (Wildman–Crippen LogP) is 2.36. The van der Waals surface area contributed by atoms with E-state index in [1.54, 1.807) is 11.8 Å². The van der Waals surface area contributed by atoms with Crippen LogP contribution in [0.5, 0.6) is 0 Å². The van der Waals surface area contributed by atoms with Crippen LogP contribution in [-0.2, 0) is 4.79 Å². The van der Waals surface area contributed by atoms with E-state index in [0.717, 1.165) is 24.1 Å². The topological polar surface area (TPSA) is 49.3 Å². The first-order valence-electron chi connectivity index (χ1n) is 5.42. The second-order valence-corrected chi connectivity index (χ2v) is 6.31. The van der Waals surface area contributed by atoms with Crippen molar-refractivity contribution in [2.24, 2.45) is 5.41 Å². The molecule has 0 radical (unpaired) electrons. The number of allylic oxidation sites excluding steroid dienone is 2. The van der Waals surface area contributed by atoms with Crippen LogP contribution < -0.4 is 5.32 Å². The molecule has 1 aliphatic carbocycles. The summed E-state index contributed by atoms with van der Waals surface area (Å²) < 4.78 is 0. The number of carboxylic acid groups (broad SMARTS) is 1. The van der Waals surface area contributed by atoms with Crippen LogP contribution in [0.3, 0.4) is 0 Å². The highest BCUT2D eigenvalue weighted by molar-refractivity contribution is 8.03. The quantitative estimate of drug-likeness (QED) is 0.737. The van der Waals surface area contributed by atoms with Crippen molar-refractivity contribution in [3.05, 3.63) is 22.8 Å². The van der Waals surface area contributed by atoms with Crippen molar-refractivity contribution < 1.29 is 9.90 Å². The zero-order valence-electron chi connectivity index (χ0n) is 9.67. The van der Waals surface area contributed by atoms with Gasteiger partial charge in [-0.2, -0.15) is 0 Å². The third kappa shape index (κ3) is 2.12. The van der Waals surface area contributed by atoms with Crippen molar-refractivity contribution in [1.29, 1.82) is 0 Å². The van der Waals surface area contributed by atoms with Gasteiger partial charge in [0.25, 0.3) is 0 Å². The smallest absolute Gasteiger partial charge is 0.326 e. The number of hydrogen-bond acceptors (Lipinski definition) is 3. The maximum absolute atomic E-state index is 11.0. The Morgan fingerprint density at radius 1 is 1.56 bits per heavy atom. The van der Waals surface area contributed by atoms with Gasteiger partial charge in [-0.1, -0.05) is 20.4 Å². The maximum atomic E-state index is 11.0. The molecule has 0 bridgehead atoms. The molecule has 1 atom stereocenters. The number of carbonyl (C=O) groups is 1. The molecule has 0 spiro atoms. The van der Waals surface area contributed by atoms with Crippen LogP contribution in [-0.4, -0.2) is 22.9 Å². The lowest BCUT2D eigenvalue weighted by Gasteiger charge is -2.38. The molecule has 1 aliphatic heterocycles. The summed E-state index contributed by atoms with van der Waals surface area (Å²) in [5.74, 6) is -0.179. The Hall–Kier alpha value is -0.900. The fourth-order valence-electron chi connectivity index (χ4n) is 2.35. The minimum atomic E-state index is -0.770.